The van der Waals surface area contributed by atoms with Crippen molar-refractivity contribution in [1.82, 2.24) is 4.90 Å². The third-order valence-corrected chi connectivity index (χ3v) is 6.80. The number of nitrogens with zero attached hydrogens (tertiary/aromatic N) is 1. The maximum Gasteiger partial charge on any atom is 0.303 e. The number of thioether (sulfide) groups is 1. The van der Waals surface area contributed by atoms with Crippen LogP contribution < -0.4 is 5.73 Å². The molecule has 1 aromatic carbocycles. The molecule has 0 saturated carbocycles. The van der Waals surface area contributed by atoms with Crippen molar-refractivity contribution in [3.63, 3.8) is 0 Å². The van der Waals surface area contributed by atoms with Crippen LogP contribution in [-0.2, 0) is 9.59 Å². The third kappa shape index (κ3) is 5.56. The zero-order valence-electron chi connectivity index (χ0n) is 16.0. The molecule has 0 spiro atoms. The fraction of sp³-hybridized carbons (Fsp3) is 0.238. The van der Waals surface area contributed by atoms with Crippen LogP contribution in [0.3, 0.4) is 0 Å². The summed E-state index contributed by atoms with van der Waals surface area (Å²) in [6.45, 7) is 0.503. The van der Waals surface area contributed by atoms with Gasteiger partial charge >= 0.3 is 5.97 Å². The molecule has 30 heavy (non-hydrogen) atoms. The monoisotopic (exact) mass is 460 g/mol. The van der Waals surface area contributed by atoms with E-state index >= 15 is 0 Å². The second kappa shape index (κ2) is 10.0. The molecule has 2 amide bonds. The van der Waals surface area contributed by atoms with E-state index in [4.69, 9.17) is 23.1 Å². The Labute approximate surface area is 187 Å². The molecule has 0 bridgehead atoms. The Morgan fingerprint density at radius 3 is 2.53 bits per heavy atom. The van der Waals surface area contributed by atoms with Crippen molar-refractivity contribution < 1.29 is 19.5 Å². The predicted octanol–water partition coefficient (Wildman–Crippen LogP) is 4.36. The first-order valence-corrected chi connectivity index (χ1v) is 11.4. The summed E-state index contributed by atoms with van der Waals surface area (Å²) < 4.78 is 0.531. The van der Waals surface area contributed by atoms with Gasteiger partial charge in [-0.3, -0.25) is 19.3 Å². The Balaban J connectivity index is 1.63. The van der Waals surface area contributed by atoms with Gasteiger partial charge in [-0.2, -0.15) is 0 Å². The molecular weight excluding hydrogens is 440 g/mol. The van der Waals surface area contributed by atoms with Gasteiger partial charge in [0, 0.05) is 23.4 Å². The Kier molecular flexibility index (Phi) is 7.41. The Hall–Kier alpha value is -2.49. The smallest absolute Gasteiger partial charge is 0.303 e. The molecule has 1 fully saturated rings. The van der Waals surface area contributed by atoms with Gasteiger partial charge in [-0.15, -0.1) is 11.3 Å². The highest BCUT2D eigenvalue weighted by Gasteiger charge is 2.31. The third-order valence-electron chi connectivity index (χ3n) is 4.54. The molecule has 0 aliphatic carbocycles. The SMILES string of the molecule is NC(=O)c1ccc(-c2csc(C=C3SC(=S)N(CCCCCC(=O)O)C3=O)c2)cc1. The first-order chi connectivity index (χ1) is 14.3. The second-order valence-corrected chi connectivity index (χ2v) is 9.34. The fourth-order valence-corrected chi connectivity index (χ4v) is 5.17. The summed E-state index contributed by atoms with van der Waals surface area (Å²) in [5.41, 5.74) is 7.69. The van der Waals surface area contributed by atoms with Gasteiger partial charge in [-0.05, 0) is 53.6 Å². The van der Waals surface area contributed by atoms with Crippen LogP contribution in [0.1, 0.15) is 40.9 Å². The molecule has 3 N–H and O–H groups in total. The fourth-order valence-electron chi connectivity index (χ4n) is 2.95. The zero-order valence-corrected chi connectivity index (χ0v) is 18.4. The summed E-state index contributed by atoms with van der Waals surface area (Å²) in [5.74, 6) is -1.37. The van der Waals surface area contributed by atoms with Gasteiger partial charge in [0.2, 0.25) is 5.91 Å². The second-order valence-electron chi connectivity index (χ2n) is 6.72. The average molecular weight is 461 g/mol. The molecule has 1 saturated heterocycles. The van der Waals surface area contributed by atoms with Gasteiger partial charge in [-0.1, -0.05) is 42.5 Å². The van der Waals surface area contributed by atoms with Crippen LogP contribution in [0.4, 0.5) is 0 Å². The van der Waals surface area contributed by atoms with E-state index in [1.807, 2.05) is 29.7 Å². The van der Waals surface area contributed by atoms with Crippen molar-refractivity contribution in [2.45, 2.75) is 25.7 Å². The molecule has 1 aliphatic rings. The first kappa shape index (κ1) is 22.2. The van der Waals surface area contributed by atoms with Gasteiger partial charge in [0.25, 0.3) is 5.91 Å². The molecule has 9 heteroatoms. The number of amides is 2. The van der Waals surface area contributed by atoms with Crippen LogP contribution in [0.2, 0.25) is 0 Å². The van der Waals surface area contributed by atoms with E-state index in [0.29, 0.717) is 27.8 Å². The number of thiophene rings is 1. The topological polar surface area (TPSA) is 101 Å². The maximum atomic E-state index is 12.7. The molecule has 156 valence electrons. The van der Waals surface area contributed by atoms with E-state index in [1.54, 1.807) is 17.0 Å². The number of primary amides is 1. The quantitative estimate of drug-likeness (QED) is 0.328. The van der Waals surface area contributed by atoms with Crippen molar-refractivity contribution in [2.24, 2.45) is 5.73 Å². The summed E-state index contributed by atoms with van der Waals surface area (Å²) >= 11 is 8.15. The van der Waals surface area contributed by atoms with Crippen LogP contribution in [-0.4, -0.2) is 38.7 Å². The Morgan fingerprint density at radius 1 is 1.13 bits per heavy atom. The molecule has 3 rings (SSSR count). The maximum absolute atomic E-state index is 12.7. The van der Waals surface area contributed by atoms with Gasteiger partial charge in [0.1, 0.15) is 4.32 Å². The lowest BCUT2D eigenvalue weighted by Crippen LogP contribution is -2.29. The van der Waals surface area contributed by atoms with Crippen LogP contribution in [0.15, 0.2) is 40.6 Å². The molecule has 0 unspecified atom stereocenters. The minimum Gasteiger partial charge on any atom is -0.481 e. The van der Waals surface area contributed by atoms with E-state index in [2.05, 4.69) is 0 Å². The summed E-state index contributed by atoms with van der Waals surface area (Å²) in [5, 5.41) is 10.7. The number of benzene rings is 1. The molecule has 6 nitrogen and oxygen atoms in total. The molecule has 1 aliphatic heterocycles. The van der Waals surface area contributed by atoms with Crippen molar-refractivity contribution in [3.8, 4) is 11.1 Å². The minimum absolute atomic E-state index is 0.107. The number of rotatable bonds is 9. The van der Waals surface area contributed by atoms with E-state index in [-0.39, 0.29) is 12.3 Å². The number of hydrogen-bond acceptors (Lipinski definition) is 6. The lowest BCUT2D eigenvalue weighted by atomic mass is 10.1. The van der Waals surface area contributed by atoms with Gasteiger partial charge in [0.05, 0.1) is 4.91 Å². The number of carboxylic acids is 1. The Bertz CT molecular complexity index is 1010. The number of thiocarbonyl (C=S) groups is 1. The molecule has 2 aromatic rings. The Morgan fingerprint density at radius 2 is 1.87 bits per heavy atom. The van der Waals surface area contributed by atoms with Crippen LogP contribution in [0.5, 0.6) is 0 Å². The molecule has 0 atom stereocenters. The van der Waals surface area contributed by atoms with Gasteiger partial charge in [-0.25, -0.2) is 0 Å². The van der Waals surface area contributed by atoms with Crippen molar-refractivity contribution in [1.29, 1.82) is 0 Å². The van der Waals surface area contributed by atoms with E-state index in [9.17, 15) is 14.4 Å². The predicted molar refractivity (Wildman–Crippen MR) is 124 cm³/mol. The van der Waals surface area contributed by atoms with E-state index < -0.39 is 11.9 Å². The summed E-state index contributed by atoms with van der Waals surface area (Å²) in [7, 11) is 0. The molecule has 1 aromatic heterocycles. The lowest BCUT2D eigenvalue weighted by Gasteiger charge is -2.13. The van der Waals surface area contributed by atoms with E-state index in [1.165, 1.54) is 23.1 Å². The van der Waals surface area contributed by atoms with Crippen LogP contribution in [0.25, 0.3) is 17.2 Å². The number of hydrogen-bond donors (Lipinski definition) is 2. The van der Waals surface area contributed by atoms with Gasteiger partial charge in [0.15, 0.2) is 0 Å². The number of unbranched alkanes of at least 4 members (excludes halogenated alkanes) is 2. The van der Waals surface area contributed by atoms with Crippen LogP contribution >= 0.6 is 35.3 Å². The molecular formula is C21H20N2O4S3. The number of aliphatic carboxylic acids is 1. The largest absolute Gasteiger partial charge is 0.481 e. The normalized spacial score (nSPS) is 15.2. The number of carboxylic acid groups (broad SMARTS) is 1. The lowest BCUT2D eigenvalue weighted by molar-refractivity contribution is -0.137. The standard InChI is InChI=1S/C21H20N2O4S3/c22-19(26)14-7-5-13(6-8-14)15-10-16(29-12-15)11-17-20(27)23(21(28)30-17)9-3-1-2-4-18(24)25/h5-8,10-12H,1-4,9H2,(H2,22,26)(H,24,25). The van der Waals surface area contributed by atoms with Crippen molar-refractivity contribution in [3.05, 3.63) is 51.1 Å². The average Bonchev–Trinajstić information content (AvgIpc) is 3.27. The number of nitrogens with two attached hydrogens (primary N) is 1. The van der Waals surface area contributed by atoms with Crippen molar-refractivity contribution in [2.75, 3.05) is 6.54 Å². The first-order valence-electron chi connectivity index (χ1n) is 9.31. The van der Waals surface area contributed by atoms with Crippen molar-refractivity contribution >= 4 is 63.5 Å². The summed E-state index contributed by atoms with van der Waals surface area (Å²) in [6, 6.07) is 9.06. The highest BCUT2D eigenvalue weighted by Crippen LogP contribution is 2.35. The van der Waals surface area contributed by atoms with E-state index in [0.717, 1.165) is 28.8 Å². The summed E-state index contributed by atoms with van der Waals surface area (Å²) in [6.07, 6.45) is 4.04. The number of carbonyl (C=O) groups is 3. The van der Waals surface area contributed by atoms with Crippen LogP contribution in [0, 0.1) is 0 Å². The molecule has 2 heterocycles. The highest BCUT2D eigenvalue weighted by molar-refractivity contribution is 8.26. The van der Waals surface area contributed by atoms with Gasteiger partial charge < -0.3 is 10.8 Å². The minimum atomic E-state index is -0.803. The number of carbonyl (C=O) groups excluding carboxylic acids is 2. The summed E-state index contributed by atoms with van der Waals surface area (Å²) in [4.78, 5) is 37.6. The molecule has 0 radical (unpaired) electrons. The highest BCUT2D eigenvalue weighted by atomic mass is 32.2. The zero-order chi connectivity index (χ0) is 21.7.